The molecule has 21 heavy (non-hydrogen) atoms. The van der Waals surface area contributed by atoms with Crippen LogP contribution in [-0.2, 0) is 16.0 Å². The van der Waals surface area contributed by atoms with Gasteiger partial charge in [0.25, 0.3) is 5.91 Å². The van der Waals surface area contributed by atoms with Crippen LogP contribution in [0.5, 0.6) is 0 Å². The van der Waals surface area contributed by atoms with Crippen LogP contribution < -0.4 is 0 Å². The summed E-state index contributed by atoms with van der Waals surface area (Å²) < 4.78 is 15.5. The first-order valence-corrected chi connectivity index (χ1v) is 7.09. The summed E-state index contributed by atoms with van der Waals surface area (Å²) in [6.07, 6.45) is 0.462. The first-order valence-electron chi connectivity index (χ1n) is 6.56. The van der Waals surface area contributed by atoms with Crippen LogP contribution in [0.3, 0.4) is 0 Å². The van der Waals surface area contributed by atoms with Crippen LogP contribution in [-0.4, -0.2) is 39.2 Å². The van der Waals surface area contributed by atoms with Gasteiger partial charge in [0.2, 0.25) is 5.91 Å². The molecule has 2 amide bonds. The zero-order valence-electron chi connectivity index (χ0n) is 11.3. The summed E-state index contributed by atoms with van der Waals surface area (Å²) in [6, 6.07) is 3.90. The molecule has 0 aliphatic carbocycles. The molecule has 7 heteroatoms. The van der Waals surface area contributed by atoms with Gasteiger partial charge < -0.3 is 4.57 Å². The Labute approximate surface area is 125 Å². The second-order valence-corrected chi connectivity index (χ2v) is 5.33. The zero-order chi connectivity index (χ0) is 15.1. The Morgan fingerprint density at radius 3 is 2.81 bits per heavy atom. The van der Waals surface area contributed by atoms with Gasteiger partial charge in [-0.1, -0.05) is 6.07 Å². The average Bonchev–Trinajstić information content (AvgIpc) is 2.93. The standard InChI is InChI=1S/C14H13ClFN3O2/c1-18-12(20)7-10(14(18)21)19-9-4-2-3-8(16)13(9)17-11(19)5-6-15/h2-4,10H,5-7H2,1H3. The molecule has 0 bridgehead atoms. The summed E-state index contributed by atoms with van der Waals surface area (Å²) in [5, 5.41) is 0. The van der Waals surface area contributed by atoms with Crippen molar-refractivity contribution < 1.29 is 14.0 Å². The number of fused-ring (bicyclic) bond motifs is 1. The predicted molar refractivity (Wildman–Crippen MR) is 75.5 cm³/mol. The molecule has 1 aromatic carbocycles. The maximum atomic E-state index is 13.9. The second-order valence-electron chi connectivity index (χ2n) is 4.96. The molecule has 1 aliphatic heterocycles. The fourth-order valence-electron chi connectivity index (χ4n) is 2.68. The Morgan fingerprint density at radius 2 is 2.19 bits per heavy atom. The number of para-hydroxylation sites is 1. The zero-order valence-corrected chi connectivity index (χ0v) is 12.1. The molecule has 1 aromatic heterocycles. The first-order chi connectivity index (χ1) is 10.0. The number of nitrogens with zero attached hydrogens (tertiary/aromatic N) is 3. The van der Waals surface area contributed by atoms with E-state index in [1.165, 1.54) is 13.1 Å². The normalized spacial score (nSPS) is 19.0. The Balaban J connectivity index is 2.21. The second kappa shape index (κ2) is 5.11. The highest BCUT2D eigenvalue weighted by molar-refractivity contribution is 6.18. The van der Waals surface area contributed by atoms with E-state index in [1.54, 1.807) is 16.7 Å². The van der Waals surface area contributed by atoms with Crippen molar-refractivity contribution in [2.24, 2.45) is 0 Å². The Hall–Kier alpha value is -1.95. The number of imide groups is 1. The van der Waals surface area contributed by atoms with Gasteiger partial charge in [0.05, 0.1) is 11.9 Å². The molecule has 110 valence electrons. The summed E-state index contributed by atoms with van der Waals surface area (Å²) in [5.74, 6) is -0.187. The number of halogens is 2. The van der Waals surface area contributed by atoms with Crippen LogP contribution in [0, 0.1) is 5.82 Å². The molecular formula is C14H13ClFN3O2. The highest BCUT2D eigenvalue weighted by Gasteiger charge is 2.39. The molecule has 1 fully saturated rings. The number of imidazole rings is 1. The Morgan fingerprint density at radius 1 is 1.43 bits per heavy atom. The number of benzene rings is 1. The lowest BCUT2D eigenvalue weighted by Gasteiger charge is -2.14. The Bertz CT molecular complexity index is 743. The minimum atomic E-state index is -0.674. The van der Waals surface area contributed by atoms with Crippen molar-refractivity contribution in [1.29, 1.82) is 0 Å². The van der Waals surface area contributed by atoms with Gasteiger partial charge in [0.1, 0.15) is 17.4 Å². The molecule has 3 rings (SSSR count). The van der Waals surface area contributed by atoms with Crippen LogP contribution in [0.25, 0.3) is 11.0 Å². The van der Waals surface area contributed by atoms with E-state index in [9.17, 15) is 14.0 Å². The molecule has 1 saturated heterocycles. The number of hydrogen-bond acceptors (Lipinski definition) is 3. The summed E-state index contributed by atoms with van der Waals surface area (Å²) in [6.45, 7) is 0. The third-order valence-electron chi connectivity index (χ3n) is 3.73. The molecule has 5 nitrogen and oxygen atoms in total. The van der Waals surface area contributed by atoms with Gasteiger partial charge in [-0.25, -0.2) is 9.37 Å². The maximum Gasteiger partial charge on any atom is 0.252 e. The number of carbonyl (C=O) groups is 2. The van der Waals surface area contributed by atoms with E-state index in [0.29, 0.717) is 23.6 Å². The fourth-order valence-corrected chi connectivity index (χ4v) is 2.85. The molecule has 0 radical (unpaired) electrons. The summed E-state index contributed by atoms with van der Waals surface area (Å²) in [4.78, 5) is 29.3. The highest BCUT2D eigenvalue weighted by atomic mass is 35.5. The lowest BCUT2D eigenvalue weighted by Crippen LogP contribution is -2.27. The van der Waals surface area contributed by atoms with E-state index in [0.717, 1.165) is 4.90 Å². The quantitative estimate of drug-likeness (QED) is 0.642. The molecule has 0 N–H and O–H groups in total. The van der Waals surface area contributed by atoms with Crippen LogP contribution >= 0.6 is 11.6 Å². The number of carbonyl (C=O) groups excluding carboxylic acids is 2. The van der Waals surface area contributed by atoms with E-state index in [1.807, 2.05) is 0 Å². The van der Waals surface area contributed by atoms with Gasteiger partial charge in [0.15, 0.2) is 5.82 Å². The number of likely N-dealkylation sites (N-methyl/N-ethyl adjacent to an activating group) is 1. The molecule has 1 unspecified atom stereocenters. The van der Waals surface area contributed by atoms with Gasteiger partial charge in [-0.3, -0.25) is 14.5 Å². The topological polar surface area (TPSA) is 55.2 Å². The summed E-state index contributed by atoms with van der Waals surface area (Å²) in [7, 11) is 1.45. The van der Waals surface area contributed by atoms with Gasteiger partial charge in [-0.05, 0) is 12.1 Å². The lowest BCUT2D eigenvalue weighted by molar-refractivity contribution is -0.137. The van der Waals surface area contributed by atoms with Crippen molar-refractivity contribution in [3.8, 4) is 0 Å². The monoisotopic (exact) mass is 309 g/mol. The maximum absolute atomic E-state index is 13.9. The van der Waals surface area contributed by atoms with E-state index in [4.69, 9.17) is 11.6 Å². The van der Waals surface area contributed by atoms with E-state index >= 15 is 0 Å². The number of hydrogen-bond donors (Lipinski definition) is 0. The number of aryl methyl sites for hydroxylation is 1. The van der Waals surface area contributed by atoms with Crippen LogP contribution in [0.1, 0.15) is 18.3 Å². The van der Waals surface area contributed by atoms with Crippen molar-refractivity contribution >= 4 is 34.4 Å². The minimum Gasteiger partial charge on any atom is -0.315 e. The lowest BCUT2D eigenvalue weighted by atomic mass is 10.2. The van der Waals surface area contributed by atoms with Crippen molar-refractivity contribution in [2.75, 3.05) is 12.9 Å². The van der Waals surface area contributed by atoms with Gasteiger partial charge in [-0.15, -0.1) is 11.6 Å². The molecule has 1 atom stereocenters. The number of alkyl halides is 1. The van der Waals surface area contributed by atoms with Crippen molar-refractivity contribution in [1.82, 2.24) is 14.5 Å². The predicted octanol–water partition coefficient (Wildman–Crippen LogP) is 1.89. The van der Waals surface area contributed by atoms with E-state index in [2.05, 4.69) is 4.98 Å². The largest absolute Gasteiger partial charge is 0.315 e. The smallest absolute Gasteiger partial charge is 0.252 e. The average molecular weight is 310 g/mol. The fraction of sp³-hybridized carbons (Fsp3) is 0.357. The molecule has 0 saturated carbocycles. The molecular weight excluding hydrogens is 297 g/mol. The SMILES string of the molecule is CN1C(=O)CC(n2c(CCCl)nc3c(F)cccc32)C1=O. The Kier molecular flexibility index (Phi) is 3.41. The third kappa shape index (κ3) is 2.10. The highest BCUT2D eigenvalue weighted by Crippen LogP contribution is 2.30. The molecule has 2 aromatic rings. The van der Waals surface area contributed by atoms with Gasteiger partial charge in [-0.2, -0.15) is 0 Å². The van der Waals surface area contributed by atoms with Crippen LogP contribution in [0.4, 0.5) is 4.39 Å². The molecule has 2 heterocycles. The molecule has 1 aliphatic rings. The van der Waals surface area contributed by atoms with Crippen LogP contribution in [0.2, 0.25) is 0 Å². The summed E-state index contributed by atoms with van der Waals surface area (Å²) >= 11 is 5.77. The van der Waals surface area contributed by atoms with E-state index < -0.39 is 11.9 Å². The van der Waals surface area contributed by atoms with Crippen molar-refractivity contribution in [3.05, 3.63) is 29.8 Å². The summed E-state index contributed by atoms with van der Waals surface area (Å²) in [5.41, 5.74) is 0.712. The van der Waals surface area contributed by atoms with E-state index in [-0.39, 0.29) is 23.8 Å². The number of aromatic nitrogens is 2. The number of likely N-dealkylation sites (tertiary alicyclic amines) is 1. The number of amides is 2. The van der Waals surface area contributed by atoms with Crippen molar-refractivity contribution in [3.63, 3.8) is 0 Å². The van der Waals surface area contributed by atoms with Crippen LogP contribution in [0.15, 0.2) is 18.2 Å². The van der Waals surface area contributed by atoms with Gasteiger partial charge in [0, 0.05) is 19.3 Å². The van der Waals surface area contributed by atoms with Crippen molar-refractivity contribution in [2.45, 2.75) is 18.9 Å². The number of rotatable bonds is 3. The first kappa shape index (κ1) is 14.0. The molecule has 0 spiro atoms. The minimum absolute atomic E-state index is 0.0621. The van der Waals surface area contributed by atoms with Gasteiger partial charge >= 0.3 is 0 Å². The third-order valence-corrected chi connectivity index (χ3v) is 3.92.